The van der Waals surface area contributed by atoms with Crippen LogP contribution in [0.3, 0.4) is 0 Å². The minimum Gasteiger partial charge on any atom is -0.395 e. The number of aliphatic hydroxyl groups is 1. The summed E-state index contributed by atoms with van der Waals surface area (Å²) < 4.78 is 57.5. The number of pyridine rings is 1. The standard InChI is InChI=1S/C28H26F4N6O3/c1-37(27(41)33-11-13-39)16-18-8-9-24(25(34-18)17-6-4-3-5-7-17)35-26(40)20-14-19(23-10-12-38(2)36-23)21(15-22(20)29)28(30,31)32/h3-10,12,14-15,39H,11,13,16H2,1-2H3,(H,33,41)(H,35,40). The average Bonchev–Trinajstić information content (AvgIpc) is 3.38. The molecular formula is C28H26F4N6O3. The molecule has 0 atom stereocenters. The molecule has 41 heavy (non-hydrogen) atoms. The minimum absolute atomic E-state index is 0.0722. The lowest BCUT2D eigenvalue weighted by Crippen LogP contribution is -2.38. The van der Waals surface area contributed by atoms with Gasteiger partial charge in [0.2, 0.25) is 0 Å². The van der Waals surface area contributed by atoms with E-state index in [4.69, 9.17) is 5.11 Å². The van der Waals surface area contributed by atoms with Crippen molar-refractivity contribution in [3.63, 3.8) is 0 Å². The molecule has 2 aromatic carbocycles. The second kappa shape index (κ2) is 12.2. The van der Waals surface area contributed by atoms with Crippen LogP contribution in [-0.4, -0.2) is 56.9 Å². The van der Waals surface area contributed by atoms with E-state index in [0.717, 1.165) is 6.07 Å². The van der Waals surface area contributed by atoms with Gasteiger partial charge in [-0.15, -0.1) is 0 Å². The van der Waals surface area contributed by atoms with Crippen molar-refractivity contribution in [3.05, 3.63) is 89.5 Å². The van der Waals surface area contributed by atoms with Crippen molar-refractivity contribution in [3.8, 4) is 22.5 Å². The van der Waals surface area contributed by atoms with Gasteiger partial charge in [0.05, 0.1) is 47.0 Å². The van der Waals surface area contributed by atoms with E-state index in [9.17, 15) is 27.2 Å². The van der Waals surface area contributed by atoms with E-state index >= 15 is 0 Å². The van der Waals surface area contributed by atoms with Crippen LogP contribution in [0.2, 0.25) is 0 Å². The third-order valence-electron chi connectivity index (χ3n) is 6.03. The maximum absolute atomic E-state index is 15.0. The Labute approximate surface area is 232 Å². The van der Waals surface area contributed by atoms with E-state index in [0.29, 0.717) is 17.0 Å². The molecule has 3 N–H and O–H groups in total. The van der Waals surface area contributed by atoms with Gasteiger partial charge in [-0.05, 0) is 30.3 Å². The number of alkyl halides is 3. The molecule has 0 aliphatic carbocycles. The molecule has 0 spiro atoms. The fourth-order valence-corrected chi connectivity index (χ4v) is 4.06. The van der Waals surface area contributed by atoms with Crippen LogP contribution in [0.15, 0.2) is 66.9 Å². The zero-order valence-corrected chi connectivity index (χ0v) is 22.0. The molecule has 2 aromatic heterocycles. The van der Waals surface area contributed by atoms with Crippen molar-refractivity contribution < 1.29 is 32.3 Å². The van der Waals surface area contributed by atoms with Gasteiger partial charge in [0, 0.05) is 38.0 Å². The number of aromatic nitrogens is 3. The molecule has 0 bridgehead atoms. The molecule has 4 rings (SSSR count). The Morgan fingerprint density at radius 2 is 1.80 bits per heavy atom. The number of rotatable bonds is 8. The highest BCUT2D eigenvalue weighted by Crippen LogP contribution is 2.38. The summed E-state index contributed by atoms with van der Waals surface area (Å²) in [6.07, 6.45) is -3.45. The third kappa shape index (κ3) is 6.87. The van der Waals surface area contributed by atoms with Gasteiger partial charge in [0.1, 0.15) is 5.82 Å². The lowest BCUT2D eigenvalue weighted by Gasteiger charge is -2.19. The summed E-state index contributed by atoms with van der Waals surface area (Å²) in [5.41, 5.74) is -0.842. The number of benzene rings is 2. The Balaban J connectivity index is 1.70. The van der Waals surface area contributed by atoms with E-state index in [2.05, 4.69) is 20.7 Å². The van der Waals surface area contributed by atoms with Crippen molar-refractivity contribution in [1.29, 1.82) is 0 Å². The first-order valence-corrected chi connectivity index (χ1v) is 12.3. The monoisotopic (exact) mass is 570 g/mol. The highest BCUT2D eigenvalue weighted by atomic mass is 19.4. The number of nitrogens with zero attached hydrogens (tertiary/aromatic N) is 4. The van der Waals surface area contributed by atoms with Crippen LogP contribution in [0.4, 0.5) is 28.0 Å². The first-order valence-electron chi connectivity index (χ1n) is 12.3. The number of amides is 3. The molecule has 0 saturated carbocycles. The fraction of sp³-hybridized carbons (Fsp3) is 0.214. The van der Waals surface area contributed by atoms with Gasteiger partial charge in [-0.1, -0.05) is 30.3 Å². The zero-order chi connectivity index (χ0) is 29.7. The van der Waals surface area contributed by atoms with Crippen molar-refractivity contribution in [1.82, 2.24) is 25.0 Å². The van der Waals surface area contributed by atoms with E-state index in [-0.39, 0.29) is 37.1 Å². The molecule has 0 radical (unpaired) electrons. The summed E-state index contributed by atoms with van der Waals surface area (Å²) in [5.74, 6) is -2.34. The Morgan fingerprint density at radius 3 is 2.44 bits per heavy atom. The van der Waals surface area contributed by atoms with Gasteiger partial charge >= 0.3 is 12.2 Å². The first-order chi connectivity index (χ1) is 19.5. The molecule has 3 amide bonds. The number of nitrogens with one attached hydrogen (secondary N) is 2. The Morgan fingerprint density at radius 1 is 1.07 bits per heavy atom. The van der Waals surface area contributed by atoms with Crippen molar-refractivity contribution in [2.24, 2.45) is 7.05 Å². The van der Waals surface area contributed by atoms with Gasteiger partial charge in [-0.2, -0.15) is 18.3 Å². The normalized spacial score (nSPS) is 11.3. The summed E-state index contributed by atoms with van der Waals surface area (Å²) in [4.78, 5) is 31.4. The Bertz CT molecular complexity index is 1560. The summed E-state index contributed by atoms with van der Waals surface area (Å²) >= 11 is 0. The molecule has 0 aliphatic heterocycles. The van der Waals surface area contributed by atoms with Crippen LogP contribution in [0.5, 0.6) is 0 Å². The van der Waals surface area contributed by atoms with E-state index < -0.39 is 40.6 Å². The number of urea groups is 1. The van der Waals surface area contributed by atoms with E-state index in [1.54, 1.807) is 43.4 Å². The van der Waals surface area contributed by atoms with E-state index in [1.807, 2.05) is 0 Å². The largest absolute Gasteiger partial charge is 0.417 e. The lowest BCUT2D eigenvalue weighted by atomic mass is 9.99. The Kier molecular flexibility index (Phi) is 8.67. The van der Waals surface area contributed by atoms with Crippen molar-refractivity contribution in [2.45, 2.75) is 12.7 Å². The summed E-state index contributed by atoms with van der Waals surface area (Å²) in [6.45, 7) is -0.0427. The predicted octanol–water partition coefficient (Wildman–Crippen LogP) is 4.69. The van der Waals surface area contributed by atoms with Gasteiger partial charge in [0.25, 0.3) is 5.91 Å². The van der Waals surface area contributed by atoms with Gasteiger partial charge < -0.3 is 20.6 Å². The van der Waals surface area contributed by atoms with Crippen LogP contribution in [-0.2, 0) is 19.8 Å². The van der Waals surface area contributed by atoms with Gasteiger partial charge in [-0.25, -0.2) is 14.2 Å². The SMILES string of the molecule is CN(Cc1ccc(NC(=O)c2cc(-c3ccn(C)n3)c(C(F)(F)F)cc2F)c(-c2ccccc2)n1)C(=O)NCCO. The predicted molar refractivity (Wildman–Crippen MR) is 143 cm³/mol. The lowest BCUT2D eigenvalue weighted by molar-refractivity contribution is -0.137. The molecule has 4 aromatic rings. The number of anilines is 1. The number of hydrogen-bond acceptors (Lipinski definition) is 5. The summed E-state index contributed by atoms with van der Waals surface area (Å²) in [7, 11) is 3.06. The molecule has 0 saturated heterocycles. The van der Waals surface area contributed by atoms with E-state index in [1.165, 1.54) is 35.0 Å². The molecule has 13 heteroatoms. The topological polar surface area (TPSA) is 112 Å². The number of aryl methyl sites for hydroxylation is 1. The number of aliphatic hydroxyl groups excluding tert-OH is 1. The number of halogens is 4. The first kappa shape index (κ1) is 29.2. The summed E-state index contributed by atoms with van der Waals surface area (Å²) in [6, 6.07) is 13.8. The van der Waals surface area contributed by atoms with Crippen LogP contribution in [0, 0.1) is 5.82 Å². The van der Waals surface area contributed by atoms with Crippen molar-refractivity contribution >= 4 is 17.6 Å². The molecule has 0 aliphatic rings. The average molecular weight is 571 g/mol. The third-order valence-corrected chi connectivity index (χ3v) is 6.03. The fourth-order valence-electron chi connectivity index (χ4n) is 4.06. The number of hydrogen-bond donors (Lipinski definition) is 3. The Hall–Kier alpha value is -4.78. The molecule has 0 unspecified atom stereocenters. The minimum atomic E-state index is -4.88. The van der Waals surface area contributed by atoms with Crippen LogP contribution in [0.25, 0.3) is 22.5 Å². The number of carbonyl (C=O) groups excluding carboxylic acids is 2. The molecule has 0 fully saturated rings. The molecular weight excluding hydrogens is 544 g/mol. The summed E-state index contributed by atoms with van der Waals surface area (Å²) in [5, 5.41) is 18.0. The second-order valence-electron chi connectivity index (χ2n) is 9.08. The highest BCUT2D eigenvalue weighted by Gasteiger charge is 2.36. The molecule has 214 valence electrons. The maximum Gasteiger partial charge on any atom is 0.417 e. The zero-order valence-electron chi connectivity index (χ0n) is 22.0. The number of carbonyl (C=O) groups is 2. The molecule has 2 heterocycles. The van der Waals surface area contributed by atoms with Crippen molar-refractivity contribution in [2.75, 3.05) is 25.5 Å². The highest BCUT2D eigenvalue weighted by molar-refractivity contribution is 6.07. The maximum atomic E-state index is 15.0. The van der Waals surface area contributed by atoms with Gasteiger partial charge in [0.15, 0.2) is 0 Å². The van der Waals surface area contributed by atoms with Crippen LogP contribution < -0.4 is 10.6 Å². The molecule has 9 nitrogen and oxygen atoms in total. The van der Waals surface area contributed by atoms with Crippen LogP contribution >= 0.6 is 0 Å². The van der Waals surface area contributed by atoms with Gasteiger partial charge in [-0.3, -0.25) is 9.48 Å². The smallest absolute Gasteiger partial charge is 0.395 e. The quantitative estimate of drug-likeness (QED) is 0.266. The second-order valence-corrected chi connectivity index (χ2v) is 9.08. The van der Waals surface area contributed by atoms with Crippen LogP contribution in [0.1, 0.15) is 21.6 Å².